The third kappa shape index (κ3) is 5.86. The quantitative estimate of drug-likeness (QED) is 0.804. The van der Waals surface area contributed by atoms with Crippen LogP contribution in [-0.2, 0) is 20.7 Å². The van der Waals surface area contributed by atoms with Crippen molar-refractivity contribution in [1.82, 2.24) is 4.98 Å². The smallest absolute Gasteiger partial charge is 0.413 e. The molecular formula is C18H22N2O4S. The number of hydrogen-bond donors (Lipinski definition) is 1. The van der Waals surface area contributed by atoms with Gasteiger partial charge >= 0.3 is 12.1 Å². The van der Waals surface area contributed by atoms with Crippen molar-refractivity contribution < 1.29 is 19.1 Å². The second-order valence-corrected chi connectivity index (χ2v) is 7.35. The Morgan fingerprint density at radius 2 is 1.88 bits per heavy atom. The van der Waals surface area contributed by atoms with Crippen LogP contribution in [0.3, 0.4) is 0 Å². The van der Waals surface area contributed by atoms with E-state index in [0.29, 0.717) is 17.4 Å². The van der Waals surface area contributed by atoms with Crippen LogP contribution in [0.4, 0.5) is 9.93 Å². The number of anilines is 1. The van der Waals surface area contributed by atoms with Crippen LogP contribution in [0.5, 0.6) is 0 Å². The van der Waals surface area contributed by atoms with Crippen molar-refractivity contribution in [3.8, 4) is 11.3 Å². The summed E-state index contributed by atoms with van der Waals surface area (Å²) in [5.41, 5.74) is 0.928. The summed E-state index contributed by atoms with van der Waals surface area (Å²) in [4.78, 5) is 29.0. The van der Waals surface area contributed by atoms with Crippen molar-refractivity contribution in [2.24, 2.45) is 0 Å². The van der Waals surface area contributed by atoms with E-state index in [4.69, 9.17) is 9.47 Å². The number of rotatable bonds is 5. The second-order valence-electron chi connectivity index (χ2n) is 6.27. The largest absolute Gasteiger partial charge is 0.466 e. The second kappa shape index (κ2) is 8.11. The van der Waals surface area contributed by atoms with Gasteiger partial charge < -0.3 is 9.47 Å². The summed E-state index contributed by atoms with van der Waals surface area (Å²) in [6, 6.07) is 9.50. The lowest BCUT2D eigenvalue weighted by Gasteiger charge is -2.18. The molecule has 25 heavy (non-hydrogen) atoms. The number of benzene rings is 1. The van der Waals surface area contributed by atoms with Gasteiger partial charge in [-0.15, -0.1) is 11.3 Å². The molecule has 0 atom stereocenters. The summed E-state index contributed by atoms with van der Waals surface area (Å²) >= 11 is 1.24. The molecule has 6 nitrogen and oxygen atoms in total. The molecule has 1 aromatic heterocycles. The molecule has 134 valence electrons. The Bertz CT molecular complexity index is 735. The fraction of sp³-hybridized carbons (Fsp3) is 0.389. The van der Waals surface area contributed by atoms with Crippen molar-refractivity contribution in [3.63, 3.8) is 0 Å². The predicted molar refractivity (Wildman–Crippen MR) is 97.7 cm³/mol. The molecule has 0 fully saturated rings. The number of carbonyl (C=O) groups excluding carboxylic acids is 2. The third-order valence-electron chi connectivity index (χ3n) is 2.96. The molecule has 1 N–H and O–H groups in total. The maximum absolute atomic E-state index is 12.0. The first kappa shape index (κ1) is 18.9. The lowest BCUT2D eigenvalue weighted by molar-refractivity contribution is -0.142. The summed E-state index contributed by atoms with van der Waals surface area (Å²) < 4.78 is 10.3. The highest BCUT2D eigenvalue weighted by molar-refractivity contribution is 7.16. The molecule has 0 aliphatic carbocycles. The highest BCUT2D eigenvalue weighted by Crippen LogP contribution is 2.32. The zero-order valence-corrected chi connectivity index (χ0v) is 15.6. The first-order chi connectivity index (χ1) is 11.8. The van der Waals surface area contributed by atoms with Gasteiger partial charge in [-0.25, -0.2) is 9.78 Å². The van der Waals surface area contributed by atoms with Crippen molar-refractivity contribution >= 4 is 28.5 Å². The molecule has 0 aliphatic rings. The fourth-order valence-electron chi connectivity index (χ4n) is 2.08. The lowest BCUT2D eigenvalue weighted by atomic mass is 10.1. The van der Waals surface area contributed by atoms with Gasteiger partial charge in [-0.1, -0.05) is 30.3 Å². The molecule has 0 spiro atoms. The third-order valence-corrected chi connectivity index (χ3v) is 3.93. The van der Waals surface area contributed by atoms with Gasteiger partial charge in [0.1, 0.15) is 5.60 Å². The number of thiazole rings is 1. The van der Waals surface area contributed by atoms with E-state index in [1.807, 2.05) is 30.3 Å². The molecule has 2 aromatic rings. The van der Waals surface area contributed by atoms with Crippen molar-refractivity contribution in [2.45, 2.75) is 39.7 Å². The molecule has 2 rings (SSSR count). The summed E-state index contributed by atoms with van der Waals surface area (Å²) in [7, 11) is 0. The van der Waals surface area contributed by atoms with Crippen LogP contribution in [0.25, 0.3) is 11.3 Å². The monoisotopic (exact) mass is 362 g/mol. The first-order valence-corrected chi connectivity index (χ1v) is 8.81. The number of nitrogens with zero attached hydrogens (tertiary/aromatic N) is 1. The van der Waals surface area contributed by atoms with E-state index in [1.165, 1.54) is 11.3 Å². The number of nitrogens with one attached hydrogen (secondary N) is 1. The molecule has 1 aromatic carbocycles. The van der Waals surface area contributed by atoms with E-state index >= 15 is 0 Å². The van der Waals surface area contributed by atoms with Crippen LogP contribution in [0.1, 0.15) is 32.6 Å². The Kier molecular flexibility index (Phi) is 6.14. The van der Waals surface area contributed by atoms with Crippen molar-refractivity contribution in [1.29, 1.82) is 0 Å². The van der Waals surface area contributed by atoms with E-state index in [-0.39, 0.29) is 12.4 Å². The Morgan fingerprint density at radius 3 is 2.48 bits per heavy atom. The predicted octanol–water partition coefficient (Wildman–Crippen LogP) is 4.26. The molecule has 1 amide bonds. The summed E-state index contributed by atoms with van der Waals surface area (Å²) in [6.07, 6.45) is -0.477. The Balaban J connectivity index is 2.26. The molecule has 1 heterocycles. The number of esters is 1. The molecule has 0 aliphatic heterocycles. The lowest BCUT2D eigenvalue weighted by Crippen LogP contribution is -2.27. The molecular weight excluding hydrogens is 340 g/mol. The number of aromatic nitrogens is 1. The van der Waals surface area contributed by atoms with Crippen LogP contribution in [-0.4, -0.2) is 29.3 Å². The van der Waals surface area contributed by atoms with Crippen LogP contribution < -0.4 is 5.32 Å². The SMILES string of the molecule is CCOC(=O)Cc1sc(NC(=O)OC(C)(C)C)nc1-c1ccccc1. The molecule has 0 bridgehead atoms. The van der Waals surface area contributed by atoms with Crippen molar-refractivity contribution in [2.75, 3.05) is 11.9 Å². The van der Waals surface area contributed by atoms with Gasteiger partial charge in [-0.3, -0.25) is 10.1 Å². The standard InChI is InChI=1S/C18H22N2O4S/c1-5-23-14(21)11-13-15(12-9-7-6-8-10-12)19-16(25-13)20-17(22)24-18(2,3)4/h6-10H,5,11H2,1-4H3,(H,19,20,22). The molecule has 0 saturated carbocycles. The van der Waals surface area contributed by atoms with Gasteiger partial charge in [0.15, 0.2) is 5.13 Å². The average molecular weight is 362 g/mol. The van der Waals surface area contributed by atoms with Crippen LogP contribution in [0.2, 0.25) is 0 Å². The zero-order valence-electron chi connectivity index (χ0n) is 14.8. The van der Waals surface area contributed by atoms with Crippen LogP contribution in [0, 0.1) is 0 Å². The maximum atomic E-state index is 12.0. The summed E-state index contributed by atoms with van der Waals surface area (Å²) in [5.74, 6) is -0.327. The average Bonchev–Trinajstić information content (AvgIpc) is 2.88. The highest BCUT2D eigenvalue weighted by atomic mass is 32.1. The maximum Gasteiger partial charge on any atom is 0.413 e. The van der Waals surface area contributed by atoms with E-state index in [0.717, 1.165) is 10.4 Å². The van der Waals surface area contributed by atoms with Gasteiger partial charge in [-0.2, -0.15) is 0 Å². The van der Waals surface area contributed by atoms with E-state index in [1.54, 1.807) is 27.7 Å². The zero-order chi connectivity index (χ0) is 18.4. The Hall–Kier alpha value is -2.41. The number of amides is 1. The number of hydrogen-bond acceptors (Lipinski definition) is 6. The van der Waals surface area contributed by atoms with Crippen LogP contribution in [0.15, 0.2) is 30.3 Å². The molecule has 7 heteroatoms. The summed E-state index contributed by atoms with van der Waals surface area (Å²) in [5, 5.41) is 3.01. The fourth-order valence-corrected chi connectivity index (χ4v) is 3.04. The van der Waals surface area contributed by atoms with Gasteiger partial charge in [-0.05, 0) is 27.7 Å². The highest BCUT2D eigenvalue weighted by Gasteiger charge is 2.20. The van der Waals surface area contributed by atoms with Gasteiger partial charge in [0.05, 0.1) is 18.7 Å². The van der Waals surface area contributed by atoms with E-state index in [9.17, 15) is 9.59 Å². The molecule has 0 radical (unpaired) electrons. The minimum atomic E-state index is -0.600. The van der Waals surface area contributed by atoms with E-state index in [2.05, 4.69) is 10.3 Å². The minimum Gasteiger partial charge on any atom is -0.466 e. The number of ether oxygens (including phenoxy) is 2. The summed E-state index contributed by atoms with van der Waals surface area (Å²) in [6.45, 7) is 7.45. The Labute approximate surface area is 151 Å². The first-order valence-electron chi connectivity index (χ1n) is 7.99. The van der Waals surface area contributed by atoms with Crippen molar-refractivity contribution in [3.05, 3.63) is 35.2 Å². The van der Waals surface area contributed by atoms with Gasteiger partial charge in [0.2, 0.25) is 0 Å². The van der Waals surface area contributed by atoms with E-state index < -0.39 is 11.7 Å². The molecule has 0 unspecified atom stereocenters. The van der Waals surface area contributed by atoms with Gasteiger partial charge in [0.25, 0.3) is 0 Å². The Morgan fingerprint density at radius 1 is 1.20 bits per heavy atom. The topological polar surface area (TPSA) is 77.5 Å². The van der Waals surface area contributed by atoms with Crippen LogP contribution >= 0.6 is 11.3 Å². The number of carbonyl (C=O) groups is 2. The minimum absolute atomic E-state index is 0.103. The van der Waals surface area contributed by atoms with Gasteiger partial charge in [0, 0.05) is 10.4 Å². The normalized spacial score (nSPS) is 11.0. The molecule has 0 saturated heterocycles.